The van der Waals surface area contributed by atoms with Gasteiger partial charge in [-0.3, -0.25) is 9.59 Å². The summed E-state index contributed by atoms with van der Waals surface area (Å²) < 4.78 is 4.40. The predicted octanol–water partition coefficient (Wildman–Crippen LogP) is 0.391. The van der Waals surface area contributed by atoms with E-state index >= 15 is 0 Å². The van der Waals surface area contributed by atoms with Gasteiger partial charge in [0, 0.05) is 6.07 Å². The third kappa shape index (κ3) is 2.00. The largest absolute Gasteiger partial charge is 0.427 e. The Hall–Kier alpha value is -1.49. The first kappa shape index (κ1) is 8.61. The van der Waals surface area contributed by atoms with E-state index in [1.807, 2.05) is 0 Å². The first-order valence-corrected chi connectivity index (χ1v) is 3.24. The third-order valence-electron chi connectivity index (χ3n) is 1.01. The van der Waals surface area contributed by atoms with Gasteiger partial charge in [0.2, 0.25) is 0 Å². The van der Waals surface area contributed by atoms with Gasteiger partial charge in [0.1, 0.15) is 5.69 Å². The van der Waals surface area contributed by atoms with Crippen LogP contribution in [0.25, 0.3) is 0 Å². The van der Waals surface area contributed by atoms with Crippen LogP contribution in [-0.2, 0) is 4.79 Å². The molecule has 0 aliphatic carbocycles. The number of nitrogens with zero attached hydrogens (tertiary/aromatic N) is 2. The smallest absolute Gasteiger partial charge is 0.298 e. The summed E-state index contributed by atoms with van der Waals surface area (Å²) in [5, 5.41) is 6.03. The molecular weight excluding hydrogens is 184 g/mol. The maximum atomic E-state index is 10.5. The zero-order valence-corrected chi connectivity index (χ0v) is 6.49. The van der Waals surface area contributed by atoms with Crippen LogP contribution in [0, 0.1) is 0 Å². The van der Waals surface area contributed by atoms with E-state index in [1.54, 1.807) is 0 Å². The molecule has 5 nitrogen and oxygen atoms in total. The second-order valence-corrected chi connectivity index (χ2v) is 2.11. The Balaban J connectivity index is 2.95. The van der Waals surface area contributed by atoms with E-state index in [0.717, 1.165) is 0 Å². The first-order valence-electron chi connectivity index (χ1n) is 2.87. The molecule has 0 amide bonds. The normalized spacial score (nSPS) is 9.08. The molecule has 6 heteroatoms. The number of hydrogen-bond donors (Lipinski definition) is 0. The van der Waals surface area contributed by atoms with Crippen molar-refractivity contribution in [2.24, 2.45) is 0 Å². The van der Waals surface area contributed by atoms with Crippen LogP contribution in [0.3, 0.4) is 0 Å². The lowest BCUT2D eigenvalue weighted by molar-refractivity contribution is -0.120. The van der Waals surface area contributed by atoms with Crippen molar-refractivity contribution in [2.75, 3.05) is 0 Å². The second-order valence-electron chi connectivity index (χ2n) is 1.76. The van der Waals surface area contributed by atoms with Gasteiger partial charge >= 0.3 is 0 Å². The van der Waals surface area contributed by atoms with Crippen molar-refractivity contribution in [1.29, 1.82) is 0 Å². The van der Waals surface area contributed by atoms with Crippen molar-refractivity contribution in [3.63, 3.8) is 0 Å². The highest BCUT2D eigenvalue weighted by atomic mass is 35.5. The van der Waals surface area contributed by atoms with Crippen LogP contribution in [0.1, 0.15) is 10.5 Å². The number of rotatable bonds is 3. The number of carbonyl (C=O) groups excluding carboxylic acids is 2. The van der Waals surface area contributed by atoms with E-state index in [1.165, 1.54) is 12.3 Å². The van der Waals surface area contributed by atoms with Gasteiger partial charge in [-0.2, -0.15) is 5.10 Å². The molecule has 0 atom stereocenters. The molecule has 0 spiro atoms. The molecule has 0 radical (unpaired) electrons. The summed E-state index contributed by atoms with van der Waals surface area (Å²) in [6.07, 6.45) is 1.19. The zero-order valence-electron chi connectivity index (χ0n) is 5.73. The molecule has 0 aliphatic rings. The van der Waals surface area contributed by atoms with Crippen molar-refractivity contribution >= 4 is 23.3 Å². The molecule has 0 bridgehead atoms. The number of halogens is 1. The minimum Gasteiger partial charge on any atom is -0.427 e. The third-order valence-corrected chi connectivity index (χ3v) is 1.21. The molecule has 0 saturated carbocycles. The van der Waals surface area contributed by atoms with Gasteiger partial charge in [-0.05, 0) is 11.6 Å². The minimum absolute atomic E-state index is 0.0592. The molecule has 0 saturated heterocycles. The Labute approximate surface area is 72.3 Å². The molecule has 0 aliphatic heterocycles. The molecule has 0 N–H and O–H groups in total. The molecule has 1 aromatic heterocycles. The van der Waals surface area contributed by atoms with Gasteiger partial charge in [-0.25, -0.2) is 0 Å². The highest BCUT2D eigenvalue weighted by Gasteiger charge is 2.05. The van der Waals surface area contributed by atoms with Crippen molar-refractivity contribution in [1.82, 2.24) is 10.2 Å². The second kappa shape index (κ2) is 3.77. The van der Waals surface area contributed by atoms with Crippen LogP contribution >= 0.6 is 11.6 Å². The van der Waals surface area contributed by atoms with Gasteiger partial charge in [0.15, 0.2) is 5.75 Å². The lowest BCUT2D eigenvalue weighted by atomic mass is 10.4. The van der Waals surface area contributed by atoms with E-state index < -0.39 is 5.24 Å². The molecule has 12 heavy (non-hydrogen) atoms. The van der Waals surface area contributed by atoms with Crippen LogP contribution in [-0.4, -0.2) is 21.9 Å². The summed E-state index contributed by atoms with van der Waals surface area (Å²) in [6, 6.07) is 1.22. The van der Waals surface area contributed by atoms with Crippen LogP contribution < -0.4 is 4.74 Å². The monoisotopic (exact) mass is 186 g/mol. The van der Waals surface area contributed by atoms with Crippen molar-refractivity contribution in [3.8, 4) is 5.75 Å². The zero-order chi connectivity index (χ0) is 8.97. The maximum Gasteiger partial charge on any atom is 0.298 e. The highest BCUT2D eigenvalue weighted by molar-refractivity contribution is 6.67. The average Bonchev–Trinajstić information content (AvgIpc) is 2.05. The van der Waals surface area contributed by atoms with E-state index in [-0.39, 0.29) is 17.9 Å². The van der Waals surface area contributed by atoms with Crippen molar-refractivity contribution in [3.05, 3.63) is 18.0 Å². The van der Waals surface area contributed by atoms with Gasteiger partial charge in [0.25, 0.3) is 11.7 Å². The number of ether oxygens (including phenoxy) is 1. The maximum absolute atomic E-state index is 10.5. The van der Waals surface area contributed by atoms with Gasteiger partial charge in [-0.1, -0.05) is 0 Å². The van der Waals surface area contributed by atoms with E-state index in [9.17, 15) is 9.59 Å². The molecule has 62 valence electrons. The summed E-state index contributed by atoms with van der Waals surface area (Å²) in [7, 11) is 0. The quantitative estimate of drug-likeness (QED) is 0.505. The lowest BCUT2D eigenvalue weighted by Crippen LogP contribution is -1.98. The summed E-state index contributed by atoms with van der Waals surface area (Å²) in [5.41, 5.74) is -0.0592. The van der Waals surface area contributed by atoms with Crippen molar-refractivity contribution < 1.29 is 14.3 Å². The molecule has 0 unspecified atom stereocenters. The Morgan fingerprint density at radius 3 is 3.00 bits per heavy atom. The van der Waals surface area contributed by atoms with Crippen LogP contribution in [0.4, 0.5) is 0 Å². The topological polar surface area (TPSA) is 69.2 Å². The lowest BCUT2D eigenvalue weighted by Gasteiger charge is -1.95. The van der Waals surface area contributed by atoms with E-state index in [4.69, 9.17) is 11.6 Å². The summed E-state index contributed by atoms with van der Waals surface area (Å²) in [4.78, 5) is 20.4. The highest BCUT2D eigenvalue weighted by Crippen LogP contribution is 2.09. The average molecular weight is 187 g/mol. The van der Waals surface area contributed by atoms with Gasteiger partial charge in [0.05, 0.1) is 6.20 Å². The summed E-state index contributed by atoms with van der Waals surface area (Å²) >= 11 is 5.09. The van der Waals surface area contributed by atoms with Gasteiger partial charge < -0.3 is 4.74 Å². The number of carbonyl (C=O) groups is 2. The molecule has 0 aromatic carbocycles. The summed E-state index contributed by atoms with van der Waals surface area (Å²) in [6.45, 7) is 0.222. The Bertz CT molecular complexity index is 315. The minimum atomic E-state index is -0.751. The Morgan fingerprint density at radius 1 is 1.67 bits per heavy atom. The Morgan fingerprint density at radius 2 is 2.42 bits per heavy atom. The molecule has 1 rings (SSSR count). The molecule has 1 aromatic rings. The first-order chi connectivity index (χ1) is 5.74. The Kier molecular flexibility index (Phi) is 2.71. The fourth-order valence-corrected chi connectivity index (χ4v) is 0.657. The standard InChI is InChI=1S/C6H3ClN2O3/c7-6(11)5-1-4(12-3-10)2-8-9-5/h1-3H. The predicted molar refractivity (Wildman–Crippen MR) is 38.9 cm³/mol. The van der Waals surface area contributed by atoms with E-state index in [2.05, 4.69) is 14.9 Å². The fourth-order valence-electron chi connectivity index (χ4n) is 0.565. The molecule has 0 fully saturated rings. The fraction of sp³-hybridized carbons (Fsp3) is 0. The molecule has 1 heterocycles. The van der Waals surface area contributed by atoms with Crippen LogP contribution in [0.2, 0.25) is 0 Å². The van der Waals surface area contributed by atoms with Crippen molar-refractivity contribution in [2.45, 2.75) is 0 Å². The molecular formula is C6H3ClN2O3. The SMILES string of the molecule is O=COc1cnnc(C(=O)Cl)c1. The summed E-state index contributed by atoms with van der Waals surface area (Å²) in [5.74, 6) is 0.129. The van der Waals surface area contributed by atoms with Gasteiger partial charge in [-0.15, -0.1) is 5.10 Å². The number of hydrogen-bond acceptors (Lipinski definition) is 5. The van der Waals surface area contributed by atoms with Crippen LogP contribution in [0.5, 0.6) is 5.75 Å². The van der Waals surface area contributed by atoms with Crippen LogP contribution in [0.15, 0.2) is 12.3 Å². The number of aromatic nitrogens is 2. The van der Waals surface area contributed by atoms with E-state index in [0.29, 0.717) is 0 Å².